The van der Waals surface area contributed by atoms with Gasteiger partial charge in [-0.15, -0.1) is 0 Å². The molecule has 1 fully saturated rings. The molecule has 1 aliphatic rings. The lowest BCUT2D eigenvalue weighted by Crippen LogP contribution is -2.23. The molecule has 0 aliphatic heterocycles. The Hall–Kier alpha value is -2.41. The fourth-order valence-corrected chi connectivity index (χ4v) is 3.21. The van der Waals surface area contributed by atoms with Crippen LogP contribution in [0.2, 0.25) is 0 Å². The van der Waals surface area contributed by atoms with Crippen molar-refractivity contribution >= 4 is 28.9 Å². The smallest absolute Gasteiger partial charge is 0.344 e. The first-order valence-electron chi connectivity index (χ1n) is 7.47. The van der Waals surface area contributed by atoms with E-state index in [1.807, 2.05) is 16.8 Å². The van der Waals surface area contributed by atoms with E-state index in [1.54, 1.807) is 11.3 Å². The number of carbonyl (C=O) groups is 2. The van der Waals surface area contributed by atoms with Crippen molar-refractivity contribution in [3.05, 3.63) is 46.4 Å². The highest BCUT2D eigenvalue weighted by molar-refractivity contribution is 7.08. The van der Waals surface area contributed by atoms with Gasteiger partial charge in [-0.25, -0.2) is 9.18 Å². The van der Waals surface area contributed by atoms with E-state index in [4.69, 9.17) is 9.84 Å². The number of thiophene rings is 1. The Labute approximate surface area is 142 Å². The minimum absolute atomic E-state index is 0.0920. The quantitative estimate of drug-likeness (QED) is 0.837. The Morgan fingerprint density at radius 3 is 2.83 bits per heavy atom. The van der Waals surface area contributed by atoms with Crippen molar-refractivity contribution in [3.8, 4) is 5.75 Å². The largest absolute Gasteiger partial charge is 0.479 e. The molecule has 0 saturated heterocycles. The molecule has 2 aromatic rings. The molecule has 24 heavy (non-hydrogen) atoms. The average Bonchev–Trinajstić information content (AvgIpc) is 3.15. The summed E-state index contributed by atoms with van der Waals surface area (Å²) in [6.07, 6.45) is -0.361. The molecule has 1 unspecified atom stereocenters. The summed E-state index contributed by atoms with van der Waals surface area (Å²) >= 11 is 1.60. The Morgan fingerprint density at radius 2 is 2.21 bits per heavy atom. The Kier molecular flexibility index (Phi) is 4.53. The molecular formula is C17H16FNO4S. The van der Waals surface area contributed by atoms with Gasteiger partial charge in [-0.1, -0.05) is 0 Å². The molecule has 7 heteroatoms. The molecule has 1 heterocycles. The van der Waals surface area contributed by atoms with E-state index in [2.05, 4.69) is 5.32 Å². The first kappa shape index (κ1) is 16.4. The number of ether oxygens (including phenoxy) is 1. The van der Waals surface area contributed by atoms with Crippen molar-refractivity contribution in [3.63, 3.8) is 0 Å². The zero-order chi connectivity index (χ0) is 17.3. The number of aliphatic carboxylic acids is 1. The second kappa shape index (κ2) is 6.60. The summed E-state index contributed by atoms with van der Waals surface area (Å²) in [4.78, 5) is 22.9. The lowest BCUT2D eigenvalue weighted by molar-refractivity contribution is -0.144. The molecule has 2 N–H and O–H groups in total. The lowest BCUT2D eigenvalue weighted by Gasteiger charge is -2.12. The summed E-state index contributed by atoms with van der Waals surface area (Å²) < 4.78 is 19.0. The van der Waals surface area contributed by atoms with Gasteiger partial charge in [0.2, 0.25) is 5.91 Å². The van der Waals surface area contributed by atoms with Gasteiger partial charge >= 0.3 is 5.97 Å². The third-order valence-corrected chi connectivity index (χ3v) is 4.65. The van der Waals surface area contributed by atoms with Crippen LogP contribution in [-0.4, -0.2) is 23.1 Å². The zero-order valence-corrected chi connectivity index (χ0v) is 13.7. The Balaban J connectivity index is 1.61. The maximum absolute atomic E-state index is 14.0. The van der Waals surface area contributed by atoms with Crippen LogP contribution in [0.25, 0.3) is 0 Å². The summed E-state index contributed by atoms with van der Waals surface area (Å²) in [5.74, 6) is -2.06. The Morgan fingerprint density at radius 1 is 1.42 bits per heavy atom. The van der Waals surface area contributed by atoms with E-state index in [0.717, 1.165) is 18.1 Å². The molecule has 3 atom stereocenters. The number of amides is 1. The van der Waals surface area contributed by atoms with Crippen LogP contribution in [0.3, 0.4) is 0 Å². The normalized spacial score (nSPS) is 20.2. The number of benzene rings is 1. The lowest BCUT2D eigenvalue weighted by atomic mass is 10.2. The number of carboxylic acids is 1. The van der Waals surface area contributed by atoms with E-state index in [1.165, 1.54) is 19.1 Å². The number of hydrogen-bond acceptors (Lipinski definition) is 4. The first-order chi connectivity index (χ1) is 11.5. The van der Waals surface area contributed by atoms with Crippen molar-refractivity contribution < 1.29 is 23.8 Å². The predicted molar refractivity (Wildman–Crippen MR) is 87.9 cm³/mol. The summed E-state index contributed by atoms with van der Waals surface area (Å²) in [5, 5.41) is 15.5. The second-order valence-electron chi connectivity index (χ2n) is 5.74. The second-order valence-corrected chi connectivity index (χ2v) is 6.52. The number of rotatable bonds is 6. The summed E-state index contributed by atoms with van der Waals surface area (Å²) in [5.41, 5.74) is 1.49. The van der Waals surface area contributed by atoms with E-state index in [9.17, 15) is 14.0 Å². The van der Waals surface area contributed by atoms with Crippen molar-refractivity contribution in [2.45, 2.75) is 25.4 Å². The molecule has 1 saturated carbocycles. The molecule has 126 valence electrons. The van der Waals surface area contributed by atoms with Crippen LogP contribution in [-0.2, 0) is 9.59 Å². The minimum Gasteiger partial charge on any atom is -0.479 e. The molecule has 1 amide bonds. The monoisotopic (exact) mass is 349 g/mol. The van der Waals surface area contributed by atoms with Gasteiger partial charge in [-0.3, -0.25) is 4.79 Å². The van der Waals surface area contributed by atoms with Crippen LogP contribution in [0, 0.1) is 11.7 Å². The molecule has 0 bridgehead atoms. The van der Waals surface area contributed by atoms with E-state index in [0.29, 0.717) is 5.69 Å². The van der Waals surface area contributed by atoms with Gasteiger partial charge in [0, 0.05) is 17.7 Å². The maximum Gasteiger partial charge on any atom is 0.344 e. The number of anilines is 1. The van der Waals surface area contributed by atoms with Gasteiger partial charge < -0.3 is 15.2 Å². The summed E-state index contributed by atoms with van der Waals surface area (Å²) in [6, 6.07) is 5.95. The summed E-state index contributed by atoms with van der Waals surface area (Å²) in [6.45, 7) is 1.31. The van der Waals surface area contributed by atoms with Crippen molar-refractivity contribution in [2.24, 2.45) is 5.92 Å². The van der Waals surface area contributed by atoms with Gasteiger partial charge in [0.1, 0.15) is 0 Å². The molecule has 1 aromatic carbocycles. The molecule has 5 nitrogen and oxygen atoms in total. The molecular weight excluding hydrogens is 333 g/mol. The van der Waals surface area contributed by atoms with Gasteiger partial charge in [-0.2, -0.15) is 11.3 Å². The SMILES string of the molecule is CC(Oc1ccc(NC(=O)[C@@H]2C[C@H]2c2ccsc2)cc1F)C(=O)O. The van der Waals surface area contributed by atoms with Crippen LogP contribution in [0.4, 0.5) is 10.1 Å². The van der Waals surface area contributed by atoms with Crippen molar-refractivity contribution in [1.29, 1.82) is 0 Å². The number of nitrogens with one attached hydrogen (secondary N) is 1. The van der Waals surface area contributed by atoms with Gasteiger partial charge in [0.25, 0.3) is 0 Å². The molecule has 0 spiro atoms. The topological polar surface area (TPSA) is 75.6 Å². The van der Waals surface area contributed by atoms with Crippen LogP contribution in [0.15, 0.2) is 35.0 Å². The Bertz CT molecular complexity index is 762. The average molecular weight is 349 g/mol. The first-order valence-corrected chi connectivity index (χ1v) is 8.42. The number of halogens is 1. The van der Waals surface area contributed by atoms with Gasteiger partial charge in [0.05, 0.1) is 0 Å². The maximum atomic E-state index is 14.0. The van der Waals surface area contributed by atoms with Crippen LogP contribution < -0.4 is 10.1 Å². The zero-order valence-electron chi connectivity index (χ0n) is 12.9. The third kappa shape index (κ3) is 3.56. The standard InChI is InChI=1S/C17H16FNO4S/c1-9(17(21)22)23-15-3-2-11(6-14(15)18)19-16(20)13-7-12(13)10-4-5-24-8-10/h2-6,8-9,12-13H,7H2,1H3,(H,19,20)(H,21,22)/t9?,12-,13+/m0/s1. The van der Waals surface area contributed by atoms with E-state index >= 15 is 0 Å². The fourth-order valence-electron chi connectivity index (χ4n) is 2.49. The number of carbonyl (C=O) groups excluding carboxylic acids is 1. The van der Waals surface area contributed by atoms with E-state index < -0.39 is 17.9 Å². The molecule has 1 aliphatic carbocycles. The van der Waals surface area contributed by atoms with Gasteiger partial charge in [-0.05, 0) is 53.8 Å². The molecule has 1 aromatic heterocycles. The fraction of sp³-hybridized carbons (Fsp3) is 0.294. The highest BCUT2D eigenvalue weighted by Crippen LogP contribution is 2.48. The third-order valence-electron chi connectivity index (χ3n) is 3.95. The van der Waals surface area contributed by atoms with Gasteiger partial charge in [0.15, 0.2) is 17.7 Å². The van der Waals surface area contributed by atoms with E-state index in [-0.39, 0.29) is 23.5 Å². The van der Waals surface area contributed by atoms with Crippen molar-refractivity contribution in [1.82, 2.24) is 0 Å². The highest BCUT2D eigenvalue weighted by Gasteiger charge is 2.44. The predicted octanol–water partition coefficient (Wildman–Crippen LogP) is 3.48. The number of carboxylic acid groups (broad SMARTS) is 1. The van der Waals surface area contributed by atoms with Crippen LogP contribution in [0.1, 0.15) is 24.8 Å². The summed E-state index contributed by atoms with van der Waals surface area (Å²) in [7, 11) is 0. The van der Waals surface area contributed by atoms with Crippen molar-refractivity contribution in [2.75, 3.05) is 5.32 Å². The van der Waals surface area contributed by atoms with Crippen LogP contribution in [0.5, 0.6) is 5.75 Å². The number of hydrogen-bond donors (Lipinski definition) is 2. The molecule has 0 radical (unpaired) electrons. The molecule has 3 rings (SSSR count). The minimum atomic E-state index is -1.18. The van der Waals surface area contributed by atoms with Crippen LogP contribution >= 0.6 is 11.3 Å². The highest BCUT2D eigenvalue weighted by atomic mass is 32.1.